The molecule has 2 aliphatic carbocycles. The number of carbonyl (C=O) groups is 1. The van der Waals surface area contributed by atoms with E-state index in [1.54, 1.807) is 13.2 Å². The lowest BCUT2D eigenvalue weighted by atomic mass is 9.55. The summed E-state index contributed by atoms with van der Waals surface area (Å²) < 4.78 is 21.0. The van der Waals surface area contributed by atoms with Gasteiger partial charge in [0.1, 0.15) is 30.4 Å². The molecule has 336 valence electrons. The molecule has 1 aliphatic heterocycles. The molecule has 62 heavy (non-hydrogen) atoms. The molecule has 0 spiro atoms. The maximum atomic E-state index is 14.3. The minimum atomic E-state index is -1.26. The van der Waals surface area contributed by atoms with Gasteiger partial charge in [0.25, 0.3) is 0 Å². The highest BCUT2D eigenvalue weighted by molar-refractivity contribution is 6.03. The first-order chi connectivity index (χ1) is 30.4. The summed E-state index contributed by atoms with van der Waals surface area (Å²) in [5, 5.41) is 24.5. The molecule has 0 bridgehead atoms. The van der Waals surface area contributed by atoms with Gasteiger partial charge in [-0.2, -0.15) is 0 Å². The fourth-order valence-electron chi connectivity index (χ4n) is 10.3. The number of carbonyl (C=O) groups excluding carboxylic acids is 1. The lowest BCUT2D eigenvalue weighted by Gasteiger charge is -2.59. The van der Waals surface area contributed by atoms with Gasteiger partial charge in [0.05, 0.1) is 18.2 Å². The number of ether oxygens (including phenoxy) is 3. The number of hydrogen-bond donors (Lipinski definition) is 2. The fourth-order valence-corrected chi connectivity index (χ4v) is 10.3. The minimum Gasteiger partial charge on any atom is -0.459 e. The zero-order chi connectivity index (χ0) is 43.7. The van der Waals surface area contributed by atoms with Gasteiger partial charge in [0.15, 0.2) is 0 Å². The Balaban J connectivity index is 1.38. The van der Waals surface area contributed by atoms with Gasteiger partial charge >= 0.3 is 0 Å². The van der Waals surface area contributed by atoms with Gasteiger partial charge in [-0.3, -0.25) is 4.79 Å². The van der Waals surface area contributed by atoms with E-state index in [9.17, 15) is 15.0 Å². The third-order valence-electron chi connectivity index (χ3n) is 13.4. The van der Waals surface area contributed by atoms with E-state index in [0.29, 0.717) is 30.8 Å². The summed E-state index contributed by atoms with van der Waals surface area (Å²) in [7, 11) is 3.47. The van der Waals surface area contributed by atoms with Crippen LogP contribution in [0.4, 0.5) is 0 Å². The van der Waals surface area contributed by atoms with Crippen LogP contribution in [0.2, 0.25) is 0 Å². The van der Waals surface area contributed by atoms with Gasteiger partial charge in [0, 0.05) is 44.6 Å². The molecule has 6 atom stereocenters. The summed E-state index contributed by atoms with van der Waals surface area (Å²) in [6, 6.07) is 24.0. The standard InChI is InChI=1S/C53H72N2O7/c1-5-7-8-9-10-11-12-13-17-26-50(58)55(3)49-38-47(54-59-4)45-36-41(24-18-20-33-56)44(25-19-21-34-57)51-46-37-43(31-32-48(46)62-53(49,52(45)51)60-35-6-2)61-42-29-27-40(28-30-42)39-22-15-14-16-23-39/h6,14-16,22-23,27-32,36-37,41,44,49,51-52,56-57H,2,5,7-13,17-21,24-26,33-35,38H2,1,3-4H3/t41-,44+,49-,51+,52+,53+/m0/s1. The second kappa shape index (κ2) is 23.9. The van der Waals surface area contributed by atoms with Crippen molar-refractivity contribution < 1.29 is 34.1 Å². The Bertz CT molecular complexity index is 1910. The Morgan fingerprint density at radius 1 is 0.855 bits per heavy atom. The lowest BCUT2D eigenvalue weighted by Crippen LogP contribution is -2.69. The van der Waals surface area contributed by atoms with Crippen LogP contribution in [0.15, 0.2) is 102 Å². The number of aliphatic hydroxyl groups excluding tert-OH is 2. The first-order valence-corrected chi connectivity index (χ1v) is 23.6. The molecular weight excluding hydrogens is 777 g/mol. The molecule has 0 unspecified atom stereocenters. The van der Waals surface area contributed by atoms with Crippen molar-refractivity contribution in [3.8, 4) is 28.4 Å². The van der Waals surface area contributed by atoms with E-state index in [2.05, 4.69) is 49.9 Å². The maximum Gasteiger partial charge on any atom is 0.239 e. The number of benzene rings is 3. The van der Waals surface area contributed by atoms with E-state index in [1.165, 1.54) is 38.5 Å². The molecule has 9 heteroatoms. The lowest BCUT2D eigenvalue weighted by molar-refractivity contribution is -0.255. The molecule has 3 aromatic rings. The number of unbranched alkanes of at least 4 members (excludes halogenated alkanes) is 10. The van der Waals surface area contributed by atoms with Crippen LogP contribution < -0.4 is 9.47 Å². The van der Waals surface area contributed by atoms with E-state index in [1.807, 2.05) is 54.4 Å². The van der Waals surface area contributed by atoms with Crippen molar-refractivity contribution in [3.63, 3.8) is 0 Å². The van der Waals surface area contributed by atoms with Gasteiger partial charge in [0.2, 0.25) is 11.7 Å². The molecular formula is C53H72N2O7. The fraction of sp³-hybridized carbons (Fsp3) is 0.547. The summed E-state index contributed by atoms with van der Waals surface area (Å²) in [5.74, 6) is 0.774. The summed E-state index contributed by atoms with van der Waals surface area (Å²) in [6.07, 6.45) is 20.5. The Morgan fingerprint density at radius 2 is 1.52 bits per heavy atom. The van der Waals surface area contributed by atoms with Crippen molar-refractivity contribution in [2.75, 3.05) is 34.0 Å². The number of allylic oxidation sites excluding steroid dienone is 1. The van der Waals surface area contributed by atoms with Gasteiger partial charge in [-0.1, -0.05) is 131 Å². The van der Waals surface area contributed by atoms with Gasteiger partial charge in [-0.15, -0.1) is 6.58 Å². The predicted molar refractivity (Wildman–Crippen MR) is 249 cm³/mol. The molecule has 6 rings (SSSR count). The summed E-state index contributed by atoms with van der Waals surface area (Å²) in [4.78, 5) is 21.8. The van der Waals surface area contributed by atoms with Crippen molar-refractivity contribution in [3.05, 3.63) is 103 Å². The molecule has 0 aromatic heterocycles. The van der Waals surface area contributed by atoms with Crippen LogP contribution in [0.5, 0.6) is 17.2 Å². The minimum absolute atomic E-state index is 0.0638. The van der Waals surface area contributed by atoms with Crippen LogP contribution in [0.3, 0.4) is 0 Å². The zero-order valence-electron chi connectivity index (χ0n) is 37.6. The van der Waals surface area contributed by atoms with Crippen molar-refractivity contribution in [1.29, 1.82) is 0 Å². The van der Waals surface area contributed by atoms with Crippen LogP contribution >= 0.6 is 0 Å². The number of rotatable bonds is 26. The van der Waals surface area contributed by atoms with Crippen LogP contribution in [0.25, 0.3) is 11.1 Å². The molecule has 3 aromatic carbocycles. The first-order valence-electron chi connectivity index (χ1n) is 23.6. The van der Waals surface area contributed by atoms with Gasteiger partial charge < -0.3 is 34.2 Å². The quantitative estimate of drug-likeness (QED) is 0.0470. The molecule has 0 radical (unpaired) electrons. The molecule has 1 saturated carbocycles. The summed E-state index contributed by atoms with van der Waals surface area (Å²) in [6.45, 7) is 6.79. The second-order valence-corrected chi connectivity index (χ2v) is 17.5. The molecule has 3 aliphatic rings. The largest absolute Gasteiger partial charge is 0.459 e. The van der Waals surface area contributed by atoms with Crippen LogP contribution in [-0.2, 0) is 14.4 Å². The number of nitrogens with zero attached hydrogens (tertiary/aromatic N) is 2. The third kappa shape index (κ3) is 11.4. The van der Waals surface area contributed by atoms with Crippen molar-refractivity contribution in [2.45, 2.75) is 134 Å². The van der Waals surface area contributed by atoms with E-state index in [-0.39, 0.29) is 49.4 Å². The topological polar surface area (TPSA) is 110 Å². The predicted octanol–water partition coefficient (Wildman–Crippen LogP) is 11.8. The number of hydrogen-bond acceptors (Lipinski definition) is 8. The Hall–Kier alpha value is -4.44. The van der Waals surface area contributed by atoms with Crippen molar-refractivity contribution in [1.82, 2.24) is 4.90 Å². The number of aliphatic hydroxyl groups is 2. The number of fused-ring (bicyclic) bond motifs is 2. The summed E-state index contributed by atoms with van der Waals surface area (Å²) in [5.41, 5.74) is 5.11. The van der Waals surface area contributed by atoms with E-state index < -0.39 is 11.8 Å². The monoisotopic (exact) mass is 849 g/mol. The number of likely N-dealkylation sites (N-methyl/N-ethyl adjacent to an activating group) is 1. The highest BCUT2D eigenvalue weighted by Crippen LogP contribution is 2.62. The van der Waals surface area contributed by atoms with E-state index in [4.69, 9.17) is 24.2 Å². The van der Waals surface area contributed by atoms with E-state index in [0.717, 1.165) is 85.1 Å². The Morgan fingerprint density at radius 3 is 2.19 bits per heavy atom. The number of oxime groups is 1. The third-order valence-corrected chi connectivity index (χ3v) is 13.4. The highest BCUT2D eigenvalue weighted by Gasteiger charge is 2.65. The normalized spacial score (nSPS) is 23.1. The molecule has 9 nitrogen and oxygen atoms in total. The number of amides is 1. The highest BCUT2D eigenvalue weighted by atomic mass is 16.7. The van der Waals surface area contributed by atoms with Crippen molar-refractivity contribution in [2.24, 2.45) is 22.9 Å². The second-order valence-electron chi connectivity index (χ2n) is 17.5. The first kappa shape index (κ1) is 47.0. The smallest absolute Gasteiger partial charge is 0.239 e. The van der Waals surface area contributed by atoms with Crippen LogP contribution in [0, 0.1) is 17.8 Å². The van der Waals surface area contributed by atoms with E-state index >= 15 is 0 Å². The average molecular weight is 849 g/mol. The van der Waals surface area contributed by atoms with Crippen molar-refractivity contribution >= 4 is 11.6 Å². The Kier molecular flexibility index (Phi) is 18.1. The average Bonchev–Trinajstić information content (AvgIpc) is 3.29. The molecule has 1 amide bonds. The van der Waals surface area contributed by atoms with Gasteiger partial charge in [-0.25, -0.2) is 0 Å². The molecule has 1 fully saturated rings. The molecule has 0 saturated heterocycles. The summed E-state index contributed by atoms with van der Waals surface area (Å²) >= 11 is 0. The molecule has 2 N–H and O–H groups in total. The van der Waals surface area contributed by atoms with Gasteiger partial charge in [-0.05, 0) is 91.0 Å². The van der Waals surface area contributed by atoms with Crippen LogP contribution in [-0.4, -0.2) is 72.5 Å². The SMILES string of the molecule is C=CCO[C@@]12Oc3ccc(Oc4ccc(-c5ccccc5)cc4)cc3[C@H]3[C@H](CCCCO)[C@@H](CCCCO)C=C(C(=NOC)C[C@@H]1N(C)C(=O)CCCCCCCCCCC)[C@H]32. The Labute approximate surface area is 371 Å². The zero-order valence-corrected chi connectivity index (χ0v) is 37.6. The molecule has 1 heterocycles. The maximum absolute atomic E-state index is 14.3. The van der Waals surface area contributed by atoms with Crippen LogP contribution in [0.1, 0.15) is 128 Å².